The largest absolute Gasteiger partial charge is 0.294 e. The monoisotopic (exact) mass is 256 g/mol. The predicted octanol–water partition coefficient (Wildman–Crippen LogP) is 3.98. The molecule has 0 bridgehead atoms. The van der Waals surface area contributed by atoms with Crippen molar-refractivity contribution < 1.29 is 0 Å². The minimum Gasteiger partial charge on any atom is -0.294 e. The fourth-order valence-corrected chi connectivity index (χ4v) is 1.95. The SMILES string of the molecule is C=C/C=C\C=C(/C)CN(CCC)Cc1ccccn1. The Morgan fingerprint density at radius 3 is 2.84 bits per heavy atom. The van der Waals surface area contributed by atoms with Crippen LogP contribution in [0.4, 0.5) is 0 Å². The topological polar surface area (TPSA) is 16.1 Å². The van der Waals surface area contributed by atoms with E-state index in [0.29, 0.717) is 0 Å². The zero-order valence-corrected chi connectivity index (χ0v) is 12.0. The van der Waals surface area contributed by atoms with Crippen molar-refractivity contribution in [1.29, 1.82) is 0 Å². The van der Waals surface area contributed by atoms with E-state index in [1.165, 1.54) is 5.57 Å². The van der Waals surface area contributed by atoms with Gasteiger partial charge in [0.15, 0.2) is 0 Å². The fraction of sp³-hybridized carbons (Fsp3) is 0.353. The highest BCUT2D eigenvalue weighted by Gasteiger charge is 2.05. The third-order valence-electron chi connectivity index (χ3n) is 2.75. The molecule has 0 aliphatic rings. The molecule has 0 atom stereocenters. The maximum Gasteiger partial charge on any atom is 0.0544 e. The van der Waals surface area contributed by atoms with Crippen LogP contribution in [0.3, 0.4) is 0 Å². The smallest absolute Gasteiger partial charge is 0.0544 e. The van der Waals surface area contributed by atoms with Gasteiger partial charge in [0.25, 0.3) is 0 Å². The third kappa shape index (κ3) is 6.73. The minimum atomic E-state index is 0.908. The number of hydrogen-bond donors (Lipinski definition) is 0. The van der Waals surface area contributed by atoms with Gasteiger partial charge in [-0.15, -0.1) is 0 Å². The summed E-state index contributed by atoms with van der Waals surface area (Å²) in [6, 6.07) is 6.08. The van der Waals surface area contributed by atoms with E-state index in [1.807, 2.05) is 30.5 Å². The van der Waals surface area contributed by atoms with Crippen molar-refractivity contribution in [3.63, 3.8) is 0 Å². The van der Waals surface area contributed by atoms with E-state index in [1.54, 1.807) is 6.08 Å². The van der Waals surface area contributed by atoms with Crippen LogP contribution in [0.5, 0.6) is 0 Å². The molecule has 0 saturated heterocycles. The van der Waals surface area contributed by atoms with Crippen LogP contribution in [0.2, 0.25) is 0 Å². The van der Waals surface area contributed by atoms with Gasteiger partial charge in [-0.3, -0.25) is 9.88 Å². The van der Waals surface area contributed by atoms with Gasteiger partial charge in [-0.1, -0.05) is 49.4 Å². The number of nitrogens with zero attached hydrogens (tertiary/aromatic N) is 2. The standard InChI is InChI=1S/C17H24N2/c1-4-6-7-10-16(3)14-19(13-5-2)15-17-11-8-9-12-18-17/h4,6-12H,1,5,13-15H2,2-3H3/b7-6-,16-10+. The molecule has 2 heteroatoms. The van der Waals surface area contributed by atoms with Crippen LogP contribution in [0, 0.1) is 0 Å². The first-order valence-corrected chi connectivity index (χ1v) is 6.83. The Morgan fingerprint density at radius 2 is 2.21 bits per heavy atom. The van der Waals surface area contributed by atoms with Crippen LogP contribution in [0.15, 0.2) is 60.9 Å². The van der Waals surface area contributed by atoms with E-state index >= 15 is 0 Å². The minimum absolute atomic E-state index is 0.908. The second-order valence-electron chi connectivity index (χ2n) is 4.67. The lowest BCUT2D eigenvalue weighted by atomic mass is 10.2. The molecule has 0 aliphatic heterocycles. The van der Waals surface area contributed by atoms with Crippen molar-refractivity contribution in [1.82, 2.24) is 9.88 Å². The van der Waals surface area contributed by atoms with Gasteiger partial charge in [0.1, 0.15) is 0 Å². The average molecular weight is 256 g/mol. The molecule has 1 aromatic heterocycles. The molecule has 0 radical (unpaired) electrons. The van der Waals surface area contributed by atoms with Gasteiger partial charge in [0.05, 0.1) is 5.69 Å². The highest BCUT2D eigenvalue weighted by atomic mass is 15.1. The lowest BCUT2D eigenvalue weighted by molar-refractivity contribution is 0.285. The van der Waals surface area contributed by atoms with Crippen LogP contribution in [-0.2, 0) is 6.54 Å². The van der Waals surface area contributed by atoms with Crippen molar-refractivity contribution >= 4 is 0 Å². The fourth-order valence-electron chi connectivity index (χ4n) is 1.95. The quantitative estimate of drug-likeness (QED) is 0.654. The van der Waals surface area contributed by atoms with Crippen LogP contribution in [0.25, 0.3) is 0 Å². The van der Waals surface area contributed by atoms with Gasteiger partial charge in [-0.25, -0.2) is 0 Å². The molecule has 102 valence electrons. The summed E-state index contributed by atoms with van der Waals surface area (Å²) < 4.78 is 0. The van der Waals surface area contributed by atoms with Gasteiger partial charge >= 0.3 is 0 Å². The van der Waals surface area contributed by atoms with Crippen molar-refractivity contribution in [2.45, 2.75) is 26.8 Å². The Balaban J connectivity index is 2.59. The van der Waals surface area contributed by atoms with Gasteiger partial charge in [-0.05, 0) is 32.0 Å². The maximum atomic E-state index is 4.40. The van der Waals surface area contributed by atoms with Gasteiger partial charge < -0.3 is 0 Å². The summed E-state index contributed by atoms with van der Waals surface area (Å²) in [6.07, 6.45) is 10.9. The van der Waals surface area contributed by atoms with Crippen molar-refractivity contribution in [2.75, 3.05) is 13.1 Å². The summed E-state index contributed by atoms with van der Waals surface area (Å²) >= 11 is 0. The van der Waals surface area contributed by atoms with E-state index in [-0.39, 0.29) is 0 Å². The molecule has 2 nitrogen and oxygen atoms in total. The van der Waals surface area contributed by atoms with Crippen molar-refractivity contribution in [3.05, 3.63) is 66.5 Å². The molecule has 0 unspecified atom stereocenters. The van der Waals surface area contributed by atoms with Crippen LogP contribution < -0.4 is 0 Å². The molecule has 0 aliphatic carbocycles. The first kappa shape index (κ1) is 15.4. The zero-order chi connectivity index (χ0) is 13.9. The predicted molar refractivity (Wildman–Crippen MR) is 82.9 cm³/mol. The molecule has 1 aromatic rings. The number of pyridine rings is 1. The van der Waals surface area contributed by atoms with Crippen LogP contribution in [0.1, 0.15) is 26.0 Å². The second kappa shape index (κ2) is 9.29. The van der Waals surface area contributed by atoms with Crippen molar-refractivity contribution in [2.24, 2.45) is 0 Å². The highest BCUT2D eigenvalue weighted by molar-refractivity contribution is 5.15. The lowest BCUT2D eigenvalue weighted by Gasteiger charge is -2.21. The Bertz CT molecular complexity index is 418. The molecule has 1 rings (SSSR count). The Kier molecular flexibility index (Phi) is 7.52. The van der Waals surface area contributed by atoms with Crippen LogP contribution >= 0.6 is 0 Å². The second-order valence-corrected chi connectivity index (χ2v) is 4.67. The van der Waals surface area contributed by atoms with E-state index < -0.39 is 0 Å². The van der Waals surface area contributed by atoms with Gasteiger partial charge in [0, 0.05) is 19.3 Å². The van der Waals surface area contributed by atoms with E-state index in [4.69, 9.17) is 0 Å². The molecule has 0 N–H and O–H groups in total. The van der Waals surface area contributed by atoms with Gasteiger partial charge in [0.2, 0.25) is 0 Å². The third-order valence-corrected chi connectivity index (χ3v) is 2.75. The molecule has 0 aromatic carbocycles. The Labute approximate surface area is 117 Å². The summed E-state index contributed by atoms with van der Waals surface area (Å²) in [5.41, 5.74) is 2.48. The lowest BCUT2D eigenvalue weighted by Crippen LogP contribution is -2.26. The summed E-state index contributed by atoms with van der Waals surface area (Å²) in [7, 11) is 0. The molecular weight excluding hydrogens is 232 g/mol. The molecule has 0 amide bonds. The summed E-state index contributed by atoms with van der Waals surface area (Å²) in [5, 5.41) is 0. The number of hydrogen-bond acceptors (Lipinski definition) is 2. The average Bonchev–Trinajstić information content (AvgIpc) is 2.40. The summed E-state index contributed by atoms with van der Waals surface area (Å²) in [5.74, 6) is 0. The number of aromatic nitrogens is 1. The number of allylic oxidation sites excluding steroid dienone is 4. The molecular formula is C17H24N2. The van der Waals surface area contributed by atoms with Crippen LogP contribution in [-0.4, -0.2) is 23.0 Å². The summed E-state index contributed by atoms with van der Waals surface area (Å²) in [4.78, 5) is 6.82. The highest BCUT2D eigenvalue weighted by Crippen LogP contribution is 2.06. The van der Waals surface area contributed by atoms with Crippen molar-refractivity contribution in [3.8, 4) is 0 Å². The first-order chi connectivity index (χ1) is 9.26. The molecule has 1 heterocycles. The van der Waals surface area contributed by atoms with E-state index in [0.717, 1.165) is 31.7 Å². The normalized spacial score (nSPS) is 12.3. The maximum absolute atomic E-state index is 4.40. The van der Waals surface area contributed by atoms with E-state index in [2.05, 4.69) is 42.5 Å². The van der Waals surface area contributed by atoms with Gasteiger partial charge in [-0.2, -0.15) is 0 Å². The van der Waals surface area contributed by atoms with E-state index in [9.17, 15) is 0 Å². The Hall–Kier alpha value is -1.67. The molecule has 0 fully saturated rings. The first-order valence-electron chi connectivity index (χ1n) is 6.83. The molecule has 19 heavy (non-hydrogen) atoms. The number of rotatable bonds is 8. The molecule has 0 spiro atoms. The summed E-state index contributed by atoms with van der Waals surface area (Å²) in [6.45, 7) is 11.0. The Morgan fingerprint density at radius 1 is 1.37 bits per heavy atom. The molecule has 0 saturated carbocycles. The zero-order valence-electron chi connectivity index (χ0n) is 12.0.